The normalized spacial score (nSPS) is 20.3. The summed E-state index contributed by atoms with van der Waals surface area (Å²) in [4.78, 5) is 15.1. The van der Waals surface area contributed by atoms with Crippen molar-refractivity contribution < 1.29 is 17.6 Å². The first-order valence-electron chi connectivity index (χ1n) is 10.0. The maximum absolute atomic E-state index is 14.7. The standard InChI is InChI=1S/C22H25FN2O3S/c1-16-13-17-7-6-12-25(21(17)20(23)14-16)22(26)18-8-5-11-24(15-18)29(27,28)19-9-3-2-4-10-19/h2-4,9-10,13-14,18H,5-8,11-12,15H2,1H3. The van der Waals surface area contributed by atoms with Crippen molar-refractivity contribution in [2.24, 2.45) is 5.92 Å². The molecule has 0 bridgehead atoms. The summed E-state index contributed by atoms with van der Waals surface area (Å²) in [5, 5.41) is 0. The second-order valence-corrected chi connectivity index (χ2v) is 9.80. The van der Waals surface area contributed by atoms with Crippen molar-refractivity contribution in [1.82, 2.24) is 4.31 Å². The molecule has 154 valence electrons. The predicted molar refractivity (Wildman–Crippen MR) is 110 cm³/mol. The van der Waals surface area contributed by atoms with Gasteiger partial charge >= 0.3 is 0 Å². The van der Waals surface area contributed by atoms with Crippen LogP contribution in [0.25, 0.3) is 0 Å². The third-order valence-electron chi connectivity index (χ3n) is 5.76. The summed E-state index contributed by atoms with van der Waals surface area (Å²) in [5.41, 5.74) is 2.06. The fraction of sp³-hybridized carbons (Fsp3) is 0.409. The Morgan fingerprint density at radius 3 is 2.62 bits per heavy atom. The smallest absolute Gasteiger partial charge is 0.243 e. The van der Waals surface area contributed by atoms with Crippen LogP contribution in [0.3, 0.4) is 0 Å². The van der Waals surface area contributed by atoms with Crippen LogP contribution < -0.4 is 4.90 Å². The van der Waals surface area contributed by atoms with Gasteiger partial charge in [0, 0.05) is 19.6 Å². The predicted octanol–water partition coefficient (Wildman–Crippen LogP) is 3.51. The van der Waals surface area contributed by atoms with Crippen LogP contribution in [0.2, 0.25) is 0 Å². The monoisotopic (exact) mass is 416 g/mol. The van der Waals surface area contributed by atoms with Gasteiger partial charge in [-0.1, -0.05) is 24.3 Å². The third-order valence-corrected chi connectivity index (χ3v) is 7.64. The number of anilines is 1. The molecule has 0 spiro atoms. The highest BCUT2D eigenvalue weighted by molar-refractivity contribution is 7.89. The molecule has 4 rings (SSSR count). The van der Waals surface area contributed by atoms with Gasteiger partial charge in [-0.3, -0.25) is 4.79 Å². The largest absolute Gasteiger partial charge is 0.309 e. The van der Waals surface area contributed by atoms with E-state index in [1.54, 1.807) is 30.3 Å². The van der Waals surface area contributed by atoms with Crippen molar-refractivity contribution in [1.29, 1.82) is 0 Å². The molecule has 5 nitrogen and oxygen atoms in total. The van der Waals surface area contributed by atoms with Gasteiger partial charge in [-0.2, -0.15) is 4.31 Å². The lowest BCUT2D eigenvalue weighted by atomic mass is 9.94. The van der Waals surface area contributed by atoms with Crippen LogP contribution in [0.15, 0.2) is 47.4 Å². The lowest BCUT2D eigenvalue weighted by molar-refractivity contribution is -0.123. The molecule has 2 aliphatic rings. The van der Waals surface area contributed by atoms with E-state index >= 15 is 0 Å². The van der Waals surface area contributed by atoms with Gasteiger partial charge in [-0.15, -0.1) is 0 Å². The molecule has 0 aliphatic carbocycles. The summed E-state index contributed by atoms with van der Waals surface area (Å²) in [7, 11) is -3.64. The zero-order valence-electron chi connectivity index (χ0n) is 16.5. The average molecular weight is 417 g/mol. The number of hydrogen-bond acceptors (Lipinski definition) is 3. The van der Waals surface area contributed by atoms with Crippen molar-refractivity contribution in [2.75, 3.05) is 24.5 Å². The molecular formula is C22H25FN2O3S. The molecule has 2 heterocycles. The molecule has 0 radical (unpaired) electrons. The number of hydrogen-bond donors (Lipinski definition) is 0. The van der Waals surface area contributed by atoms with Crippen LogP contribution in [-0.2, 0) is 21.2 Å². The number of carbonyl (C=O) groups is 1. The summed E-state index contributed by atoms with van der Waals surface area (Å²) < 4.78 is 42.0. The molecule has 2 aliphatic heterocycles. The van der Waals surface area contributed by atoms with Crippen molar-refractivity contribution >= 4 is 21.6 Å². The summed E-state index contributed by atoms with van der Waals surface area (Å²) in [6, 6.07) is 11.7. The molecule has 2 aromatic rings. The maximum Gasteiger partial charge on any atom is 0.243 e. The van der Waals surface area contributed by atoms with Gasteiger partial charge < -0.3 is 4.90 Å². The first-order chi connectivity index (χ1) is 13.9. The van der Waals surface area contributed by atoms with Crippen LogP contribution in [-0.4, -0.2) is 38.3 Å². The zero-order chi connectivity index (χ0) is 20.6. The summed E-state index contributed by atoms with van der Waals surface area (Å²) in [6.07, 6.45) is 2.75. The van der Waals surface area contributed by atoms with Gasteiger partial charge in [0.2, 0.25) is 15.9 Å². The van der Waals surface area contributed by atoms with E-state index in [-0.39, 0.29) is 23.2 Å². The highest BCUT2D eigenvalue weighted by Crippen LogP contribution is 2.34. The van der Waals surface area contributed by atoms with Gasteiger partial charge in [-0.05, 0) is 61.9 Å². The number of sulfonamides is 1. The van der Waals surface area contributed by atoms with Crippen molar-refractivity contribution in [3.63, 3.8) is 0 Å². The Kier molecular flexibility index (Phi) is 5.44. The van der Waals surface area contributed by atoms with Crippen LogP contribution in [0, 0.1) is 18.7 Å². The highest BCUT2D eigenvalue weighted by Gasteiger charge is 2.37. The van der Waals surface area contributed by atoms with Crippen LogP contribution in [0.1, 0.15) is 30.4 Å². The molecule has 7 heteroatoms. The Labute approximate surface area is 171 Å². The Morgan fingerprint density at radius 1 is 1.10 bits per heavy atom. The summed E-state index contributed by atoms with van der Waals surface area (Å²) in [5.74, 6) is -1.02. The molecule has 0 aromatic heterocycles. The Bertz CT molecular complexity index is 1020. The maximum atomic E-state index is 14.7. The van der Waals surface area contributed by atoms with Gasteiger partial charge in [0.25, 0.3) is 0 Å². The van der Waals surface area contributed by atoms with Gasteiger partial charge in [-0.25, -0.2) is 12.8 Å². The molecule has 0 saturated carbocycles. The number of nitrogens with zero attached hydrogens (tertiary/aromatic N) is 2. The highest BCUT2D eigenvalue weighted by atomic mass is 32.2. The van der Waals surface area contributed by atoms with E-state index in [4.69, 9.17) is 0 Å². The Balaban J connectivity index is 1.58. The van der Waals surface area contributed by atoms with Crippen LogP contribution >= 0.6 is 0 Å². The van der Waals surface area contributed by atoms with Crippen LogP contribution in [0.5, 0.6) is 0 Å². The minimum atomic E-state index is -3.64. The fourth-order valence-electron chi connectivity index (χ4n) is 4.38. The van der Waals surface area contributed by atoms with E-state index in [2.05, 4.69) is 0 Å². The van der Waals surface area contributed by atoms with Gasteiger partial charge in [0.05, 0.1) is 16.5 Å². The molecule has 1 amide bonds. The average Bonchev–Trinajstić information content (AvgIpc) is 2.73. The molecule has 29 heavy (non-hydrogen) atoms. The number of halogens is 1. The lowest BCUT2D eigenvalue weighted by Gasteiger charge is -2.36. The lowest BCUT2D eigenvalue weighted by Crippen LogP contribution is -2.48. The molecular weight excluding hydrogens is 391 g/mol. The Hall–Kier alpha value is -2.25. The second-order valence-electron chi connectivity index (χ2n) is 7.86. The van der Waals surface area contributed by atoms with E-state index in [1.165, 1.54) is 15.3 Å². The first kappa shape index (κ1) is 20.0. The van der Waals surface area contributed by atoms with Gasteiger partial charge in [0.1, 0.15) is 5.82 Å². The van der Waals surface area contributed by atoms with Gasteiger partial charge in [0.15, 0.2) is 0 Å². The molecule has 1 saturated heterocycles. The number of piperidine rings is 1. The second kappa shape index (κ2) is 7.88. The Morgan fingerprint density at radius 2 is 1.86 bits per heavy atom. The van der Waals surface area contributed by atoms with Crippen molar-refractivity contribution in [2.45, 2.75) is 37.5 Å². The van der Waals surface area contributed by atoms with Crippen molar-refractivity contribution in [3.05, 3.63) is 59.4 Å². The number of amides is 1. The van der Waals surface area contributed by atoms with E-state index in [0.29, 0.717) is 31.6 Å². The number of aryl methyl sites for hydroxylation is 2. The zero-order valence-corrected chi connectivity index (χ0v) is 17.3. The number of carbonyl (C=O) groups excluding carboxylic acids is 1. The number of rotatable bonds is 3. The molecule has 1 fully saturated rings. The minimum Gasteiger partial charge on any atom is -0.309 e. The van der Waals surface area contributed by atoms with E-state index < -0.39 is 15.9 Å². The van der Waals surface area contributed by atoms with Crippen molar-refractivity contribution in [3.8, 4) is 0 Å². The summed E-state index contributed by atoms with van der Waals surface area (Å²) >= 11 is 0. The van der Waals surface area contributed by atoms with E-state index in [1.807, 2.05) is 13.0 Å². The first-order valence-corrected chi connectivity index (χ1v) is 11.5. The fourth-order valence-corrected chi connectivity index (χ4v) is 5.93. The van der Waals surface area contributed by atoms with E-state index in [0.717, 1.165) is 24.0 Å². The third kappa shape index (κ3) is 3.81. The molecule has 0 N–H and O–H groups in total. The van der Waals surface area contributed by atoms with Crippen LogP contribution in [0.4, 0.5) is 10.1 Å². The quantitative estimate of drug-likeness (QED) is 0.769. The molecule has 1 atom stereocenters. The topological polar surface area (TPSA) is 57.7 Å². The minimum absolute atomic E-state index is 0.134. The number of benzene rings is 2. The molecule has 2 aromatic carbocycles. The van der Waals surface area contributed by atoms with E-state index in [9.17, 15) is 17.6 Å². The number of fused-ring (bicyclic) bond motifs is 1. The summed E-state index contributed by atoms with van der Waals surface area (Å²) in [6.45, 7) is 2.84. The molecule has 1 unspecified atom stereocenters. The SMILES string of the molecule is Cc1cc(F)c2c(c1)CCCN2C(=O)C1CCCN(S(=O)(=O)c2ccccc2)C1.